The van der Waals surface area contributed by atoms with Gasteiger partial charge in [0, 0.05) is 12.2 Å². The first kappa shape index (κ1) is 18.7. The number of thioether (sulfide) groups is 1. The summed E-state index contributed by atoms with van der Waals surface area (Å²) in [5, 5.41) is 15.2. The molecule has 1 amide bonds. The summed E-state index contributed by atoms with van der Waals surface area (Å²) in [5.41, 5.74) is 1.39. The average molecular weight is 385 g/mol. The molecular formula is C18H19N5O3S. The number of tetrazole rings is 1. The lowest BCUT2D eigenvalue weighted by Crippen LogP contribution is -2.13. The molecule has 0 atom stereocenters. The molecule has 0 saturated carbocycles. The highest BCUT2D eigenvalue weighted by Gasteiger charge is 2.14. The minimum atomic E-state index is -0.108. The minimum Gasteiger partial charge on any atom is -0.495 e. The summed E-state index contributed by atoms with van der Waals surface area (Å²) in [4.78, 5) is 12.2. The summed E-state index contributed by atoms with van der Waals surface area (Å²) >= 11 is 1.40. The Morgan fingerprint density at radius 3 is 2.56 bits per heavy atom. The maximum atomic E-state index is 12.2. The van der Waals surface area contributed by atoms with E-state index < -0.39 is 0 Å². The number of anilines is 1. The van der Waals surface area contributed by atoms with E-state index in [-0.39, 0.29) is 5.91 Å². The number of hydrogen-bond acceptors (Lipinski definition) is 7. The number of rotatable bonds is 8. The van der Waals surface area contributed by atoms with Crippen molar-refractivity contribution in [1.82, 2.24) is 20.2 Å². The summed E-state index contributed by atoms with van der Waals surface area (Å²) in [5.74, 6) is 1.71. The Hall–Kier alpha value is -3.07. The number of aromatic nitrogens is 4. The Kier molecular flexibility index (Phi) is 6.26. The van der Waals surface area contributed by atoms with Crippen molar-refractivity contribution >= 4 is 23.4 Å². The highest BCUT2D eigenvalue weighted by molar-refractivity contribution is 7.99. The van der Waals surface area contributed by atoms with Gasteiger partial charge in [0.2, 0.25) is 11.1 Å². The van der Waals surface area contributed by atoms with Crippen molar-refractivity contribution in [3.05, 3.63) is 48.5 Å². The van der Waals surface area contributed by atoms with Crippen LogP contribution in [0.25, 0.3) is 5.69 Å². The minimum absolute atomic E-state index is 0.108. The number of carbonyl (C=O) groups is 1. The van der Waals surface area contributed by atoms with Crippen molar-refractivity contribution in [2.75, 3.05) is 25.3 Å². The number of methoxy groups -OCH3 is 2. The van der Waals surface area contributed by atoms with E-state index in [2.05, 4.69) is 20.8 Å². The van der Waals surface area contributed by atoms with Gasteiger partial charge in [-0.2, -0.15) is 4.68 Å². The Morgan fingerprint density at radius 1 is 1.07 bits per heavy atom. The molecular weight excluding hydrogens is 366 g/mol. The lowest BCUT2D eigenvalue weighted by molar-refractivity contribution is -0.115. The first-order valence-corrected chi connectivity index (χ1v) is 9.19. The maximum absolute atomic E-state index is 12.2. The molecule has 140 valence electrons. The summed E-state index contributed by atoms with van der Waals surface area (Å²) < 4.78 is 12.2. The highest BCUT2D eigenvalue weighted by Crippen LogP contribution is 2.26. The van der Waals surface area contributed by atoms with E-state index >= 15 is 0 Å². The summed E-state index contributed by atoms with van der Waals surface area (Å²) in [6.45, 7) is 0. The van der Waals surface area contributed by atoms with Gasteiger partial charge in [-0.3, -0.25) is 4.79 Å². The van der Waals surface area contributed by atoms with Gasteiger partial charge < -0.3 is 14.8 Å². The molecule has 0 radical (unpaired) electrons. The van der Waals surface area contributed by atoms with E-state index in [0.717, 1.165) is 5.69 Å². The molecule has 2 aromatic carbocycles. The quantitative estimate of drug-likeness (QED) is 0.596. The van der Waals surface area contributed by atoms with Crippen molar-refractivity contribution in [1.29, 1.82) is 0 Å². The number of ether oxygens (including phenoxy) is 2. The molecule has 0 bridgehead atoms. The van der Waals surface area contributed by atoms with Gasteiger partial charge in [0.15, 0.2) is 0 Å². The van der Waals surface area contributed by atoms with Crippen LogP contribution in [0, 0.1) is 0 Å². The molecule has 0 fully saturated rings. The highest BCUT2D eigenvalue weighted by atomic mass is 32.2. The second kappa shape index (κ2) is 9.04. The SMILES string of the molecule is COc1ccccc1NC(=O)CCSc1nnnn1-c1ccccc1OC. The van der Waals surface area contributed by atoms with Gasteiger partial charge in [-0.05, 0) is 34.7 Å². The van der Waals surface area contributed by atoms with E-state index in [4.69, 9.17) is 9.47 Å². The van der Waals surface area contributed by atoms with Crippen LogP contribution in [0.15, 0.2) is 53.7 Å². The first-order chi connectivity index (χ1) is 13.2. The zero-order valence-electron chi connectivity index (χ0n) is 15.0. The van der Waals surface area contributed by atoms with Gasteiger partial charge in [0.25, 0.3) is 0 Å². The van der Waals surface area contributed by atoms with Gasteiger partial charge in [-0.25, -0.2) is 0 Å². The normalized spacial score (nSPS) is 10.4. The van der Waals surface area contributed by atoms with Crippen LogP contribution in [0.1, 0.15) is 6.42 Å². The zero-order valence-corrected chi connectivity index (χ0v) is 15.8. The van der Waals surface area contributed by atoms with Gasteiger partial charge in [-0.15, -0.1) is 5.10 Å². The summed E-state index contributed by atoms with van der Waals surface area (Å²) in [6.07, 6.45) is 0.307. The van der Waals surface area contributed by atoms with Crippen LogP contribution in [0.3, 0.4) is 0 Å². The lowest BCUT2D eigenvalue weighted by atomic mass is 10.3. The molecule has 27 heavy (non-hydrogen) atoms. The monoisotopic (exact) mass is 385 g/mol. The number of hydrogen-bond donors (Lipinski definition) is 1. The molecule has 0 aliphatic rings. The van der Waals surface area contributed by atoms with E-state index in [1.807, 2.05) is 36.4 Å². The Balaban J connectivity index is 1.60. The third-order valence-corrected chi connectivity index (χ3v) is 4.62. The van der Waals surface area contributed by atoms with Crippen molar-refractivity contribution in [2.45, 2.75) is 11.6 Å². The maximum Gasteiger partial charge on any atom is 0.225 e. The Morgan fingerprint density at radius 2 is 1.78 bits per heavy atom. The third-order valence-electron chi connectivity index (χ3n) is 3.70. The molecule has 0 spiro atoms. The van der Waals surface area contributed by atoms with Crippen LogP contribution in [0.4, 0.5) is 5.69 Å². The number of benzene rings is 2. The molecule has 0 saturated heterocycles. The molecule has 0 aliphatic carbocycles. The Labute approximate surface area is 160 Å². The van der Waals surface area contributed by atoms with Crippen LogP contribution in [0.2, 0.25) is 0 Å². The van der Waals surface area contributed by atoms with E-state index in [1.165, 1.54) is 11.8 Å². The fraction of sp³-hybridized carbons (Fsp3) is 0.222. The lowest BCUT2D eigenvalue weighted by Gasteiger charge is -2.10. The van der Waals surface area contributed by atoms with Gasteiger partial charge in [0.05, 0.1) is 19.9 Å². The molecule has 0 aliphatic heterocycles. The van der Waals surface area contributed by atoms with Crippen LogP contribution in [0.5, 0.6) is 11.5 Å². The summed E-state index contributed by atoms with van der Waals surface area (Å²) in [6, 6.07) is 14.8. The largest absolute Gasteiger partial charge is 0.495 e. The first-order valence-electron chi connectivity index (χ1n) is 8.20. The van der Waals surface area contributed by atoms with Crippen LogP contribution in [-0.2, 0) is 4.79 Å². The molecule has 3 rings (SSSR count). The fourth-order valence-electron chi connectivity index (χ4n) is 2.42. The molecule has 1 N–H and O–H groups in total. The third kappa shape index (κ3) is 4.56. The zero-order chi connectivity index (χ0) is 19.1. The van der Waals surface area contributed by atoms with E-state index in [9.17, 15) is 4.79 Å². The van der Waals surface area contributed by atoms with Crippen molar-refractivity contribution in [3.8, 4) is 17.2 Å². The molecule has 9 heteroatoms. The number of nitrogens with one attached hydrogen (secondary N) is 1. The van der Waals surface area contributed by atoms with Crippen LogP contribution >= 0.6 is 11.8 Å². The second-order valence-corrected chi connectivity index (χ2v) is 6.45. The molecule has 1 aromatic heterocycles. The van der Waals surface area contributed by atoms with Gasteiger partial charge in [0.1, 0.15) is 17.2 Å². The molecule has 0 unspecified atom stereocenters. The van der Waals surface area contributed by atoms with Crippen molar-refractivity contribution in [2.24, 2.45) is 0 Å². The average Bonchev–Trinajstić information content (AvgIpc) is 3.16. The predicted molar refractivity (Wildman–Crippen MR) is 103 cm³/mol. The number of nitrogens with zero attached hydrogens (tertiary/aromatic N) is 4. The summed E-state index contributed by atoms with van der Waals surface area (Å²) in [7, 11) is 3.16. The second-order valence-electron chi connectivity index (χ2n) is 5.39. The van der Waals surface area contributed by atoms with Crippen LogP contribution in [-0.4, -0.2) is 46.1 Å². The number of para-hydroxylation sites is 4. The molecule has 1 heterocycles. The van der Waals surface area contributed by atoms with Crippen molar-refractivity contribution in [3.63, 3.8) is 0 Å². The predicted octanol–water partition coefficient (Wildman–Crippen LogP) is 2.80. The number of amides is 1. The van der Waals surface area contributed by atoms with Gasteiger partial charge in [-0.1, -0.05) is 36.0 Å². The topological polar surface area (TPSA) is 91.2 Å². The fourth-order valence-corrected chi connectivity index (χ4v) is 3.24. The van der Waals surface area contributed by atoms with E-state index in [0.29, 0.717) is 34.5 Å². The smallest absolute Gasteiger partial charge is 0.225 e. The van der Waals surface area contributed by atoms with E-state index in [1.54, 1.807) is 31.0 Å². The molecule has 8 nitrogen and oxygen atoms in total. The van der Waals surface area contributed by atoms with Crippen LogP contribution < -0.4 is 14.8 Å². The standard InChI is InChI=1S/C18H19N5O3S/c1-25-15-9-5-3-7-13(15)19-17(24)11-12-27-18-20-21-22-23(18)14-8-4-6-10-16(14)26-2/h3-10H,11-12H2,1-2H3,(H,19,24). The molecule has 3 aromatic rings. The van der Waals surface area contributed by atoms with Crippen molar-refractivity contribution < 1.29 is 14.3 Å². The Bertz CT molecular complexity index is 915. The number of carbonyl (C=O) groups excluding carboxylic acids is 1. The van der Waals surface area contributed by atoms with Gasteiger partial charge >= 0.3 is 0 Å².